The molecule has 4 heteroatoms. The van der Waals surface area contributed by atoms with Gasteiger partial charge in [0.2, 0.25) is 0 Å². The molecule has 0 aliphatic heterocycles. The maximum absolute atomic E-state index is 12.0. The van der Waals surface area contributed by atoms with E-state index in [0.29, 0.717) is 11.1 Å². The third-order valence-corrected chi connectivity index (χ3v) is 11.2. The number of benzene rings is 8. The van der Waals surface area contributed by atoms with E-state index in [1.165, 1.54) is 0 Å². The molecule has 2 atom stereocenters. The number of aromatic hydroxyl groups is 2. The summed E-state index contributed by atoms with van der Waals surface area (Å²) < 4.78 is 0. The molecule has 0 spiro atoms. The zero-order valence-corrected chi connectivity index (χ0v) is 31.1. The molecule has 1 saturated carbocycles. The molecule has 56 heavy (non-hydrogen) atoms. The zero-order chi connectivity index (χ0) is 37.8. The largest absolute Gasteiger partial charge is 0.507 e. The van der Waals surface area contributed by atoms with Crippen molar-refractivity contribution < 1.29 is 10.2 Å². The summed E-state index contributed by atoms with van der Waals surface area (Å²) in [7, 11) is 0. The average molecular weight is 727 g/mol. The Labute approximate surface area is 327 Å². The summed E-state index contributed by atoms with van der Waals surface area (Å²) in [5, 5.41) is 28.1. The van der Waals surface area contributed by atoms with Gasteiger partial charge >= 0.3 is 0 Å². The normalized spacial score (nSPS) is 15.9. The van der Waals surface area contributed by atoms with Crippen molar-refractivity contribution >= 4 is 34.0 Å². The van der Waals surface area contributed by atoms with Gasteiger partial charge in [-0.15, -0.1) is 0 Å². The first-order valence-corrected chi connectivity index (χ1v) is 19.5. The van der Waals surface area contributed by atoms with Crippen molar-refractivity contribution in [2.75, 3.05) is 0 Å². The Morgan fingerprint density at radius 2 is 0.768 bits per heavy atom. The van der Waals surface area contributed by atoms with Gasteiger partial charge in [0.25, 0.3) is 0 Å². The van der Waals surface area contributed by atoms with Crippen molar-refractivity contribution in [3.05, 3.63) is 181 Å². The lowest BCUT2D eigenvalue weighted by atomic mass is 9.89. The van der Waals surface area contributed by atoms with Crippen LogP contribution in [0.3, 0.4) is 0 Å². The van der Waals surface area contributed by atoms with Gasteiger partial charge in [0, 0.05) is 34.7 Å². The lowest BCUT2D eigenvalue weighted by Gasteiger charge is -2.25. The van der Waals surface area contributed by atoms with Gasteiger partial charge in [-0.3, -0.25) is 9.98 Å². The molecule has 8 aromatic rings. The molecule has 0 saturated heterocycles. The van der Waals surface area contributed by atoms with Gasteiger partial charge < -0.3 is 10.2 Å². The van der Waals surface area contributed by atoms with Crippen molar-refractivity contribution in [2.45, 2.75) is 37.8 Å². The van der Waals surface area contributed by atoms with E-state index in [-0.39, 0.29) is 23.6 Å². The summed E-state index contributed by atoms with van der Waals surface area (Å²) >= 11 is 0. The van der Waals surface area contributed by atoms with E-state index in [1.807, 2.05) is 109 Å². The van der Waals surface area contributed by atoms with Gasteiger partial charge in [-0.1, -0.05) is 171 Å². The Hall–Kier alpha value is -6.78. The predicted molar refractivity (Wildman–Crippen MR) is 234 cm³/mol. The standard InChI is InChI=1S/C52H42N2O2/c55-51-39(31-37-21-7-9-25-43(37)49(51)45-27-13-11-23-41(45)35-17-3-1-4-18-35)33-53-47-29-15-16-30-48(47)54-34-40-32-38-22-8-10-26-44(38)50(52(40)56)46-28-14-12-24-42(46)36-19-5-2-6-20-36/h1-14,17-28,31-34,47-48,55-56H,15-16,29-30H2/t47-,48-/m0/s1. The van der Waals surface area contributed by atoms with E-state index in [0.717, 1.165) is 91.7 Å². The van der Waals surface area contributed by atoms with Crippen LogP contribution in [-0.4, -0.2) is 34.7 Å². The molecule has 8 aromatic carbocycles. The minimum Gasteiger partial charge on any atom is -0.507 e. The maximum Gasteiger partial charge on any atom is 0.132 e. The molecule has 0 unspecified atom stereocenters. The Kier molecular flexibility index (Phi) is 9.69. The Morgan fingerprint density at radius 1 is 0.411 bits per heavy atom. The Balaban J connectivity index is 1.08. The summed E-state index contributed by atoms with van der Waals surface area (Å²) in [5.74, 6) is 0.437. The van der Waals surface area contributed by atoms with Crippen LogP contribution < -0.4 is 0 Å². The molecule has 1 fully saturated rings. The Morgan fingerprint density at radius 3 is 1.20 bits per heavy atom. The zero-order valence-electron chi connectivity index (χ0n) is 31.1. The second-order valence-corrected chi connectivity index (χ2v) is 14.6. The van der Waals surface area contributed by atoms with Gasteiger partial charge in [0.15, 0.2) is 0 Å². The fourth-order valence-corrected chi connectivity index (χ4v) is 8.39. The van der Waals surface area contributed by atoms with Crippen LogP contribution in [0.2, 0.25) is 0 Å². The quantitative estimate of drug-likeness (QED) is 0.153. The average Bonchev–Trinajstić information content (AvgIpc) is 3.26. The molecule has 0 bridgehead atoms. The van der Waals surface area contributed by atoms with Gasteiger partial charge in [-0.05, 0) is 79.9 Å². The van der Waals surface area contributed by atoms with Crippen LogP contribution in [0, 0.1) is 0 Å². The van der Waals surface area contributed by atoms with E-state index >= 15 is 0 Å². The summed E-state index contributed by atoms with van der Waals surface area (Å²) in [5.41, 5.74) is 9.25. The van der Waals surface area contributed by atoms with Crippen LogP contribution in [-0.2, 0) is 0 Å². The number of hydrogen-bond acceptors (Lipinski definition) is 4. The molecule has 1 aliphatic carbocycles. The second kappa shape index (κ2) is 15.5. The molecule has 0 aromatic heterocycles. The Bertz CT molecular complexity index is 2550. The molecule has 0 heterocycles. The third-order valence-electron chi connectivity index (χ3n) is 11.2. The van der Waals surface area contributed by atoms with Crippen LogP contribution in [0.4, 0.5) is 0 Å². The highest BCUT2D eigenvalue weighted by Crippen LogP contribution is 2.45. The van der Waals surface area contributed by atoms with Crippen LogP contribution in [0.5, 0.6) is 11.5 Å². The highest BCUT2D eigenvalue weighted by molar-refractivity contribution is 6.09. The smallest absolute Gasteiger partial charge is 0.132 e. The third kappa shape index (κ3) is 6.75. The lowest BCUT2D eigenvalue weighted by Crippen LogP contribution is -2.27. The minimum absolute atomic E-state index is 0.0631. The number of hydrogen-bond donors (Lipinski definition) is 2. The lowest BCUT2D eigenvalue weighted by molar-refractivity contribution is 0.390. The maximum atomic E-state index is 12.0. The molecule has 4 nitrogen and oxygen atoms in total. The number of phenolic OH excluding ortho intramolecular Hbond substituents is 2. The summed E-state index contributed by atoms with van der Waals surface area (Å²) in [6.07, 6.45) is 7.62. The fraction of sp³-hybridized carbons (Fsp3) is 0.115. The van der Waals surface area contributed by atoms with E-state index in [1.54, 1.807) is 0 Å². The monoisotopic (exact) mass is 726 g/mol. The number of nitrogens with zero attached hydrogens (tertiary/aromatic N) is 2. The highest BCUT2D eigenvalue weighted by Gasteiger charge is 2.25. The first kappa shape index (κ1) is 35.0. The van der Waals surface area contributed by atoms with Crippen molar-refractivity contribution in [2.24, 2.45) is 9.98 Å². The van der Waals surface area contributed by atoms with Crippen LogP contribution in [0.25, 0.3) is 66.1 Å². The van der Waals surface area contributed by atoms with Crippen LogP contribution in [0.15, 0.2) is 180 Å². The van der Waals surface area contributed by atoms with Crippen LogP contribution in [0.1, 0.15) is 36.8 Å². The molecule has 2 N–H and O–H groups in total. The molecule has 0 radical (unpaired) electrons. The second-order valence-electron chi connectivity index (χ2n) is 14.6. The summed E-state index contributed by atoms with van der Waals surface area (Å²) in [4.78, 5) is 10.3. The van der Waals surface area contributed by atoms with Gasteiger partial charge in [0.1, 0.15) is 11.5 Å². The number of phenols is 2. The SMILES string of the molecule is Oc1c(C=N[C@H]2CCCC[C@@H]2N=Cc2cc3ccccc3c(-c3ccccc3-c3ccccc3)c2O)cc2ccccc2c1-c1ccccc1-c1ccccc1. The molecule has 272 valence electrons. The fourth-order valence-electron chi connectivity index (χ4n) is 8.39. The van der Waals surface area contributed by atoms with Crippen molar-refractivity contribution in [3.63, 3.8) is 0 Å². The van der Waals surface area contributed by atoms with E-state index in [4.69, 9.17) is 9.98 Å². The van der Waals surface area contributed by atoms with Gasteiger partial charge in [-0.2, -0.15) is 0 Å². The van der Waals surface area contributed by atoms with Gasteiger partial charge in [-0.25, -0.2) is 0 Å². The topological polar surface area (TPSA) is 65.2 Å². The van der Waals surface area contributed by atoms with E-state index in [9.17, 15) is 10.2 Å². The van der Waals surface area contributed by atoms with Gasteiger partial charge in [0.05, 0.1) is 12.1 Å². The number of aliphatic imine (C=N–C) groups is 2. The van der Waals surface area contributed by atoms with Crippen LogP contribution >= 0.6 is 0 Å². The van der Waals surface area contributed by atoms with Crippen molar-refractivity contribution in [1.82, 2.24) is 0 Å². The number of fused-ring (bicyclic) bond motifs is 2. The van der Waals surface area contributed by atoms with Crippen molar-refractivity contribution in [3.8, 4) is 56.0 Å². The first-order chi connectivity index (χ1) is 27.6. The highest BCUT2D eigenvalue weighted by atomic mass is 16.3. The summed E-state index contributed by atoms with van der Waals surface area (Å²) in [6.45, 7) is 0. The molecular weight excluding hydrogens is 685 g/mol. The number of rotatable bonds is 8. The molecular formula is C52H42N2O2. The van der Waals surface area contributed by atoms with Crippen molar-refractivity contribution in [1.29, 1.82) is 0 Å². The molecule has 0 amide bonds. The molecule has 1 aliphatic rings. The minimum atomic E-state index is -0.0631. The predicted octanol–water partition coefficient (Wildman–Crippen LogP) is 12.9. The molecule has 9 rings (SSSR count). The summed E-state index contributed by atoms with van der Waals surface area (Å²) in [6, 6.07) is 57.6. The van der Waals surface area contributed by atoms with E-state index < -0.39 is 0 Å². The first-order valence-electron chi connectivity index (χ1n) is 19.5. The van der Waals surface area contributed by atoms with E-state index in [2.05, 4.69) is 72.8 Å².